The molecular formula is C13H17N5O2. The van der Waals surface area contributed by atoms with Gasteiger partial charge in [-0.15, -0.1) is 0 Å². The van der Waals surface area contributed by atoms with E-state index in [1.807, 2.05) is 0 Å². The molecule has 0 unspecified atom stereocenters. The third-order valence-corrected chi connectivity index (χ3v) is 2.71. The number of rotatable bonds is 5. The molecule has 1 aromatic heterocycles. The molecule has 1 heterocycles. The Morgan fingerprint density at radius 2 is 2.25 bits per heavy atom. The normalized spacial score (nSPS) is 10.3. The van der Waals surface area contributed by atoms with Gasteiger partial charge in [0, 0.05) is 37.3 Å². The molecule has 0 spiro atoms. The van der Waals surface area contributed by atoms with Gasteiger partial charge >= 0.3 is 0 Å². The van der Waals surface area contributed by atoms with Crippen LogP contribution >= 0.6 is 0 Å². The maximum atomic E-state index is 12.0. The smallest absolute Gasteiger partial charge is 0.251 e. The van der Waals surface area contributed by atoms with Gasteiger partial charge in [-0.3, -0.25) is 9.48 Å². The van der Waals surface area contributed by atoms with Crippen LogP contribution in [0.5, 0.6) is 5.75 Å². The number of anilines is 1. The molecular weight excluding hydrogens is 258 g/mol. The monoisotopic (exact) mass is 275 g/mol. The number of aryl methyl sites for hydroxylation is 1. The lowest BCUT2D eigenvalue weighted by Crippen LogP contribution is -2.26. The fourth-order valence-corrected chi connectivity index (χ4v) is 1.76. The van der Waals surface area contributed by atoms with Crippen molar-refractivity contribution in [3.05, 3.63) is 35.9 Å². The Morgan fingerprint density at radius 3 is 2.90 bits per heavy atom. The van der Waals surface area contributed by atoms with Gasteiger partial charge < -0.3 is 15.8 Å². The summed E-state index contributed by atoms with van der Waals surface area (Å²) in [4.78, 5) is 16.1. The minimum absolute atomic E-state index is 0.202. The summed E-state index contributed by atoms with van der Waals surface area (Å²) in [5, 5.41) is 6.93. The zero-order valence-electron chi connectivity index (χ0n) is 11.5. The Kier molecular flexibility index (Phi) is 4.19. The maximum absolute atomic E-state index is 12.0. The van der Waals surface area contributed by atoms with Crippen molar-refractivity contribution in [3.63, 3.8) is 0 Å². The Morgan fingerprint density at radius 1 is 1.45 bits per heavy atom. The highest BCUT2D eigenvalue weighted by Gasteiger charge is 2.08. The molecule has 0 bridgehead atoms. The average Bonchev–Trinajstić information content (AvgIpc) is 2.83. The Hall–Kier alpha value is -2.57. The van der Waals surface area contributed by atoms with Crippen LogP contribution in [0.25, 0.3) is 0 Å². The zero-order chi connectivity index (χ0) is 14.5. The molecule has 0 saturated heterocycles. The lowest BCUT2D eigenvalue weighted by Gasteiger charge is -2.07. The van der Waals surface area contributed by atoms with Crippen LogP contribution in [0.1, 0.15) is 16.2 Å². The molecule has 0 aliphatic rings. The number of methoxy groups -OCH3 is 1. The lowest BCUT2D eigenvalue weighted by molar-refractivity contribution is 0.0953. The van der Waals surface area contributed by atoms with E-state index in [0.29, 0.717) is 35.8 Å². The number of nitrogens with zero attached hydrogens (tertiary/aromatic N) is 3. The fraction of sp³-hybridized carbons (Fsp3) is 0.308. The molecule has 1 amide bonds. The predicted molar refractivity (Wildman–Crippen MR) is 74.4 cm³/mol. The molecule has 20 heavy (non-hydrogen) atoms. The van der Waals surface area contributed by atoms with E-state index in [9.17, 15) is 4.79 Å². The third-order valence-electron chi connectivity index (χ3n) is 2.71. The molecule has 7 nitrogen and oxygen atoms in total. The van der Waals surface area contributed by atoms with Crippen LogP contribution in [0, 0.1) is 0 Å². The number of hydrogen-bond acceptors (Lipinski definition) is 5. The number of aromatic nitrogens is 3. The first-order valence-electron chi connectivity index (χ1n) is 6.16. The number of ether oxygens (including phenoxy) is 1. The maximum Gasteiger partial charge on any atom is 0.251 e. The molecule has 2 aromatic rings. The summed E-state index contributed by atoms with van der Waals surface area (Å²) in [6, 6.07) is 4.91. The van der Waals surface area contributed by atoms with Crippen molar-refractivity contribution in [1.82, 2.24) is 20.1 Å². The first-order valence-corrected chi connectivity index (χ1v) is 6.16. The van der Waals surface area contributed by atoms with Crippen LogP contribution in [0.2, 0.25) is 0 Å². The predicted octanol–water partition coefficient (Wildman–Crippen LogP) is 0.378. The highest BCUT2D eigenvalue weighted by Crippen LogP contribution is 2.18. The van der Waals surface area contributed by atoms with Crippen molar-refractivity contribution in [3.8, 4) is 5.75 Å². The van der Waals surface area contributed by atoms with E-state index in [1.54, 1.807) is 36.3 Å². The number of amides is 1. The fourth-order valence-electron chi connectivity index (χ4n) is 1.76. The molecule has 0 atom stereocenters. The number of carbonyl (C=O) groups is 1. The van der Waals surface area contributed by atoms with E-state index in [2.05, 4.69) is 15.4 Å². The summed E-state index contributed by atoms with van der Waals surface area (Å²) in [5.74, 6) is 1.05. The Labute approximate surface area is 116 Å². The van der Waals surface area contributed by atoms with E-state index in [-0.39, 0.29) is 5.91 Å². The number of benzene rings is 1. The van der Waals surface area contributed by atoms with Crippen LogP contribution in [0.15, 0.2) is 24.5 Å². The van der Waals surface area contributed by atoms with Crippen LogP contribution in [-0.4, -0.2) is 34.3 Å². The SMILES string of the molecule is COc1cc(N)cc(C(=O)NCCc2ncn(C)n2)c1. The summed E-state index contributed by atoms with van der Waals surface area (Å²) in [6.07, 6.45) is 2.20. The first kappa shape index (κ1) is 13.9. The summed E-state index contributed by atoms with van der Waals surface area (Å²) in [7, 11) is 3.33. The summed E-state index contributed by atoms with van der Waals surface area (Å²) in [5.41, 5.74) is 6.67. The average molecular weight is 275 g/mol. The quantitative estimate of drug-likeness (QED) is 0.769. The van der Waals surface area contributed by atoms with Gasteiger partial charge in [0.05, 0.1) is 7.11 Å². The molecule has 7 heteroatoms. The molecule has 0 fully saturated rings. The van der Waals surface area contributed by atoms with Gasteiger partial charge in [-0.25, -0.2) is 4.98 Å². The first-order chi connectivity index (χ1) is 9.58. The molecule has 0 saturated carbocycles. The number of nitrogens with one attached hydrogen (secondary N) is 1. The van der Waals surface area contributed by atoms with Gasteiger partial charge in [-0.05, 0) is 12.1 Å². The van der Waals surface area contributed by atoms with Crippen LogP contribution < -0.4 is 15.8 Å². The van der Waals surface area contributed by atoms with Crippen LogP contribution in [0.3, 0.4) is 0 Å². The van der Waals surface area contributed by atoms with E-state index in [0.717, 1.165) is 0 Å². The van der Waals surface area contributed by atoms with Gasteiger partial charge in [-0.1, -0.05) is 0 Å². The van der Waals surface area contributed by atoms with Gasteiger partial charge in [-0.2, -0.15) is 5.10 Å². The number of hydrogen-bond donors (Lipinski definition) is 2. The van der Waals surface area contributed by atoms with E-state index in [1.165, 1.54) is 7.11 Å². The summed E-state index contributed by atoms with van der Waals surface area (Å²) < 4.78 is 6.70. The van der Waals surface area contributed by atoms with Crippen molar-refractivity contribution in [2.75, 3.05) is 19.4 Å². The van der Waals surface area contributed by atoms with Gasteiger partial charge in [0.2, 0.25) is 0 Å². The molecule has 3 N–H and O–H groups in total. The van der Waals surface area contributed by atoms with E-state index in [4.69, 9.17) is 10.5 Å². The van der Waals surface area contributed by atoms with Crippen molar-refractivity contribution in [2.24, 2.45) is 7.05 Å². The minimum Gasteiger partial charge on any atom is -0.497 e. The summed E-state index contributed by atoms with van der Waals surface area (Å²) >= 11 is 0. The van der Waals surface area contributed by atoms with Crippen molar-refractivity contribution < 1.29 is 9.53 Å². The molecule has 1 aromatic carbocycles. The topological polar surface area (TPSA) is 95.1 Å². The third kappa shape index (κ3) is 3.47. The van der Waals surface area contributed by atoms with Crippen molar-refractivity contribution in [2.45, 2.75) is 6.42 Å². The van der Waals surface area contributed by atoms with Gasteiger partial charge in [0.15, 0.2) is 5.82 Å². The number of carbonyl (C=O) groups excluding carboxylic acids is 1. The van der Waals surface area contributed by atoms with Crippen molar-refractivity contribution >= 4 is 11.6 Å². The Balaban J connectivity index is 1.93. The number of nitrogens with two attached hydrogens (primary N) is 1. The minimum atomic E-state index is -0.202. The van der Waals surface area contributed by atoms with Crippen molar-refractivity contribution in [1.29, 1.82) is 0 Å². The van der Waals surface area contributed by atoms with E-state index < -0.39 is 0 Å². The lowest BCUT2D eigenvalue weighted by atomic mass is 10.1. The van der Waals surface area contributed by atoms with Gasteiger partial charge in [0.25, 0.3) is 5.91 Å². The van der Waals surface area contributed by atoms with Crippen LogP contribution in [-0.2, 0) is 13.5 Å². The molecule has 0 aliphatic carbocycles. The molecule has 0 radical (unpaired) electrons. The second kappa shape index (κ2) is 6.05. The van der Waals surface area contributed by atoms with Gasteiger partial charge in [0.1, 0.15) is 12.1 Å². The second-order valence-corrected chi connectivity index (χ2v) is 4.34. The number of nitrogen functional groups attached to an aromatic ring is 1. The van der Waals surface area contributed by atoms with Crippen LogP contribution in [0.4, 0.5) is 5.69 Å². The largest absolute Gasteiger partial charge is 0.497 e. The molecule has 2 rings (SSSR count). The van der Waals surface area contributed by atoms with E-state index >= 15 is 0 Å². The second-order valence-electron chi connectivity index (χ2n) is 4.34. The molecule has 0 aliphatic heterocycles. The molecule has 106 valence electrons. The standard InChI is InChI=1S/C13H17N5O2/c1-18-8-16-12(17-18)3-4-15-13(19)9-5-10(14)7-11(6-9)20-2/h5-8H,3-4,14H2,1-2H3,(H,15,19). The Bertz CT molecular complexity index is 609. The highest BCUT2D eigenvalue weighted by molar-refractivity contribution is 5.95. The summed E-state index contributed by atoms with van der Waals surface area (Å²) in [6.45, 7) is 0.458. The zero-order valence-corrected chi connectivity index (χ0v) is 11.5. The highest BCUT2D eigenvalue weighted by atomic mass is 16.5.